The Kier molecular flexibility index (Phi) is 5.60. The number of hydrogen-bond acceptors (Lipinski definition) is 3. The molecule has 0 saturated heterocycles. The molecular weight excluding hydrogens is 299 g/mol. The molecule has 0 saturated carbocycles. The SMILES string of the molecule is CC(=O)C(Cc1ccc(Cl)c(Cl)c1)C(=O)OC(C)(C)C. The second kappa shape index (κ2) is 6.59. The zero-order chi connectivity index (χ0) is 15.5. The molecule has 1 aromatic rings. The van der Waals surface area contributed by atoms with Crippen LogP contribution >= 0.6 is 23.2 Å². The van der Waals surface area contributed by atoms with E-state index < -0.39 is 17.5 Å². The van der Waals surface area contributed by atoms with Crippen molar-refractivity contribution < 1.29 is 14.3 Å². The quantitative estimate of drug-likeness (QED) is 0.621. The predicted octanol–water partition coefficient (Wildman–Crippen LogP) is 4.08. The van der Waals surface area contributed by atoms with Crippen molar-refractivity contribution >= 4 is 35.0 Å². The van der Waals surface area contributed by atoms with E-state index in [-0.39, 0.29) is 12.2 Å². The lowest BCUT2D eigenvalue weighted by Crippen LogP contribution is -2.33. The Hall–Kier alpha value is -1.06. The number of hydrogen-bond donors (Lipinski definition) is 0. The van der Waals surface area contributed by atoms with Crippen LogP contribution in [0.5, 0.6) is 0 Å². The summed E-state index contributed by atoms with van der Waals surface area (Å²) in [5.41, 5.74) is 0.146. The minimum atomic E-state index is -0.827. The van der Waals surface area contributed by atoms with E-state index in [9.17, 15) is 9.59 Å². The molecule has 5 heteroatoms. The lowest BCUT2D eigenvalue weighted by atomic mass is 9.95. The first kappa shape index (κ1) is 17.0. The number of esters is 1. The molecule has 0 N–H and O–H groups in total. The van der Waals surface area contributed by atoms with Crippen LogP contribution in [-0.2, 0) is 20.7 Å². The smallest absolute Gasteiger partial charge is 0.317 e. The van der Waals surface area contributed by atoms with Gasteiger partial charge in [0.25, 0.3) is 0 Å². The molecule has 0 radical (unpaired) electrons. The van der Waals surface area contributed by atoms with Crippen molar-refractivity contribution in [2.45, 2.75) is 39.7 Å². The number of Topliss-reactive ketones (excluding diaryl/α,β-unsaturated/α-hetero) is 1. The summed E-state index contributed by atoms with van der Waals surface area (Å²) in [6.07, 6.45) is 0.251. The Morgan fingerprint density at radius 2 is 1.80 bits per heavy atom. The monoisotopic (exact) mass is 316 g/mol. The fraction of sp³-hybridized carbons (Fsp3) is 0.467. The molecule has 3 nitrogen and oxygen atoms in total. The summed E-state index contributed by atoms with van der Waals surface area (Å²) < 4.78 is 5.27. The number of halogens is 2. The Labute approximate surface area is 129 Å². The van der Waals surface area contributed by atoms with Gasteiger partial charge in [0, 0.05) is 0 Å². The van der Waals surface area contributed by atoms with Crippen molar-refractivity contribution in [3.05, 3.63) is 33.8 Å². The molecule has 0 heterocycles. The van der Waals surface area contributed by atoms with E-state index in [1.54, 1.807) is 39.0 Å². The van der Waals surface area contributed by atoms with Gasteiger partial charge in [-0.15, -0.1) is 0 Å². The summed E-state index contributed by atoms with van der Waals surface area (Å²) in [6.45, 7) is 6.68. The van der Waals surface area contributed by atoms with Crippen LogP contribution in [-0.4, -0.2) is 17.4 Å². The normalized spacial score (nSPS) is 12.9. The first-order valence-electron chi connectivity index (χ1n) is 6.27. The van der Waals surface area contributed by atoms with Gasteiger partial charge in [-0.05, 0) is 51.8 Å². The zero-order valence-corrected chi connectivity index (χ0v) is 13.5. The van der Waals surface area contributed by atoms with E-state index in [2.05, 4.69) is 0 Å². The number of rotatable bonds is 4. The van der Waals surface area contributed by atoms with Gasteiger partial charge in [0.15, 0.2) is 0 Å². The minimum absolute atomic E-state index is 0.231. The number of carbonyl (C=O) groups excluding carboxylic acids is 2. The van der Waals surface area contributed by atoms with Crippen LogP contribution in [0.3, 0.4) is 0 Å². The third-order valence-electron chi connectivity index (χ3n) is 2.61. The van der Waals surface area contributed by atoms with Gasteiger partial charge in [-0.2, -0.15) is 0 Å². The van der Waals surface area contributed by atoms with Crippen molar-refractivity contribution in [1.82, 2.24) is 0 Å². The maximum Gasteiger partial charge on any atom is 0.317 e. The van der Waals surface area contributed by atoms with Gasteiger partial charge in [0.1, 0.15) is 17.3 Å². The molecule has 0 aliphatic rings. The van der Waals surface area contributed by atoms with Crippen molar-refractivity contribution in [2.24, 2.45) is 5.92 Å². The molecule has 0 amide bonds. The number of carbonyl (C=O) groups is 2. The largest absolute Gasteiger partial charge is 0.459 e. The fourth-order valence-corrected chi connectivity index (χ4v) is 1.99. The molecular formula is C15H18Cl2O3. The van der Waals surface area contributed by atoms with Crippen LogP contribution in [0, 0.1) is 5.92 Å². The highest BCUT2D eigenvalue weighted by molar-refractivity contribution is 6.42. The topological polar surface area (TPSA) is 43.4 Å². The highest BCUT2D eigenvalue weighted by Gasteiger charge is 2.29. The molecule has 0 aromatic heterocycles. The van der Waals surface area contributed by atoms with Gasteiger partial charge >= 0.3 is 5.97 Å². The lowest BCUT2D eigenvalue weighted by molar-refractivity contribution is -0.161. The maximum absolute atomic E-state index is 12.1. The van der Waals surface area contributed by atoms with E-state index in [1.807, 2.05) is 0 Å². The van der Waals surface area contributed by atoms with Crippen LogP contribution in [0.2, 0.25) is 10.0 Å². The molecule has 0 spiro atoms. The average Bonchev–Trinajstić information content (AvgIpc) is 2.27. The average molecular weight is 317 g/mol. The molecule has 0 aliphatic carbocycles. The number of ketones is 1. The molecule has 0 bridgehead atoms. The van der Waals surface area contributed by atoms with Crippen molar-refractivity contribution in [1.29, 1.82) is 0 Å². The standard InChI is InChI=1S/C15H18Cl2O3/c1-9(18)11(14(19)20-15(2,3)4)7-10-5-6-12(16)13(17)8-10/h5-6,8,11H,7H2,1-4H3. The summed E-state index contributed by atoms with van der Waals surface area (Å²) in [6, 6.07) is 5.05. The molecule has 0 fully saturated rings. The van der Waals surface area contributed by atoms with Crippen LogP contribution in [0.15, 0.2) is 18.2 Å². The summed E-state index contributed by atoms with van der Waals surface area (Å²) >= 11 is 11.8. The summed E-state index contributed by atoms with van der Waals surface area (Å²) in [7, 11) is 0. The molecule has 1 aromatic carbocycles. The van der Waals surface area contributed by atoms with Crippen molar-refractivity contribution in [3.63, 3.8) is 0 Å². The number of benzene rings is 1. The summed E-state index contributed by atoms with van der Waals surface area (Å²) in [5, 5.41) is 0.836. The Bertz CT molecular complexity index is 518. The zero-order valence-electron chi connectivity index (χ0n) is 12.0. The molecule has 1 unspecified atom stereocenters. The first-order valence-corrected chi connectivity index (χ1v) is 7.03. The van der Waals surface area contributed by atoms with Gasteiger partial charge in [0.2, 0.25) is 0 Å². The van der Waals surface area contributed by atoms with Crippen molar-refractivity contribution in [3.8, 4) is 0 Å². The van der Waals surface area contributed by atoms with E-state index >= 15 is 0 Å². The Balaban J connectivity index is 2.90. The molecule has 0 aliphatic heterocycles. The highest BCUT2D eigenvalue weighted by atomic mass is 35.5. The number of ether oxygens (including phenoxy) is 1. The molecule has 110 valence electrons. The maximum atomic E-state index is 12.1. The predicted molar refractivity (Wildman–Crippen MR) is 80.2 cm³/mol. The van der Waals surface area contributed by atoms with Gasteiger partial charge in [-0.3, -0.25) is 9.59 Å². The van der Waals surface area contributed by atoms with Crippen LogP contribution in [0.1, 0.15) is 33.3 Å². The van der Waals surface area contributed by atoms with Crippen LogP contribution in [0.4, 0.5) is 0 Å². The first-order chi connectivity index (χ1) is 9.10. The fourth-order valence-electron chi connectivity index (χ4n) is 1.67. The lowest BCUT2D eigenvalue weighted by Gasteiger charge is -2.23. The summed E-state index contributed by atoms with van der Waals surface area (Å²) in [5.74, 6) is -1.58. The molecule has 1 atom stereocenters. The van der Waals surface area contributed by atoms with E-state index in [1.165, 1.54) is 6.92 Å². The molecule has 20 heavy (non-hydrogen) atoms. The third-order valence-corrected chi connectivity index (χ3v) is 3.34. The van der Waals surface area contributed by atoms with Gasteiger partial charge in [-0.1, -0.05) is 29.3 Å². The van der Waals surface area contributed by atoms with E-state index in [0.717, 1.165) is 5.56 Å². The second-order valence-corrected chi connectivity index (χ2v) is 6.46. The minimum Gasteiger partial charge on any atom is -0.459 e. The second-order valence-electron chi connectivity index (χ2n) is 5.65. The summed E-state index contributed by atoms with van der Waals surface area (Å²) in [4.78, 5) is 23.7. The van der Waals surface area contributed by atoms with Gasteiger partial charge in [-0.25, -0.2) is 0 Å². The Morgan fingerprint density at radius 1 is 1.20 bits per heavy atom. The molecule has 1 rings (SSSR count). The van der Waals surface area contributed by atoms with Crippen molar-refractivity contribution in [2.75, 3.05) is 0 Å². The van der Waals surface area contributed by atoms with Gasteiger partial charge in [0.05, 0.1) is 10.0 Å². The van der Waals surface area contributed by atoms with Crippen LogP contribution in [0.25, 0.3) is 0 Å². The van der Waals surface area contributed by atoms with E-state index in [4.69, 9.17) is 27.9 Å². The van der Waals surface area contributed by atoms with E-state index in [0.29, 0.717) is 10.0 Å². The van der Waals surface area contributed by atoms with Gasteiger partial charge < -0.3 is 4.74 Å². The highest BCUT2D eigenvalue weighted by Crippen LogP contribution is 2.25. The van der Waals surface area contributed by atoms with Crippen LogP contribution < -0.4 is 0 Å². The third kappa shape index (κ3) is 5.14. The Morgan fingerprint density at radius 3 is 2.25 bits per heavy atom.